The fraction of sp³-hybridized carbons (Fsp3) is 0.519. The molecule has 4 rings (SSSR count). The summed E-state index contributed by atoms with van der Waals surface area (Å²) >= 11 is 0. The number of aldehydes is 1. The zero-order valence-corrected chi connectivity index (χ0v) is 19.0. The molecule has 1 N–H and O–H groups in total. The molecule has 1 saturated carbocycles. The number of likely N-dealkylation sites (tertiary alicyclic amines) is 1. The van der Waals surface area contributed by atoms with Gasteiger partial charge in [-0.1, -0.05) is 42.8 Å². The van der Waals surface area contributed by atoms with Crippen LogP contribution in [0.25, 0.3) is 11.1 Å². The molecule has 1 aliphatic carbocycles. The molecular formula is C27H35NO4. The number of aliphatic hydroxyl groups is 1. The molecule has 2 aromatic rings. The number of carbonyl (C=O) groups is 1. The van der Waals surface area contributed by atoms with Crippen LogP contribution in [-0.2, 0) is 16.1 Å². The minimum Gasteiger partial charge on any atom is -0.497 e. The van der Waals surface area contributed by atoms with E-state index < -0.39 is 0 Å². The second-order valence-corrected chi connectivity index (χ2v) is 9.07. The summed E-state index contributed by atoms with van der Waals surface area (Å²) < 4.78 is 11.6. The molecular weight excluding hydrogens is 402 g/mol. The Morgan fingerprint density at radius 3 is 2.28 bits per heavy atom. The largest absolute Gasteiger partial charge is 0.497 e. The summed E-state index contributed by atoms with van der Waals surface area (Å²) in [5, 5.41) is 10.9. The quantitative estimate of drug-likeness (QED) is 0.587. The summed E-state index contributed by atoms with van der Waals surface area (Å²) in [5.74, 6) is 1.05. The van der Waals surface area contributed by atoms with Crippen LogP contribution in [0.4, 0.5) is 0 Å². The van der Waals surface area contributed by atoms with Crippen LogP contribution in [0.1, 0.15) is 44.1 Å². The van der Waals surface area contributed by atoms with E-state index in [1.165, 1.54) is 19.3 Å². The lowest BCUT2D eigenvalue weighted by Crippen LogP contribution is -2.47. The molecule has 1 saturated heterocycles. The van der Waals surface area contributed by atoms with Gasteiger partial charge in [-0.2, -0.15) is 0 Å². The third-order valence-electron chi connectivity index (χ3n) is 7.06. The van der Waals surface area contributed by atoms with Crippen LogP contribution in [0.5, 0.6) is 5.75 Å². The second kappa shape index (κ2) is 11.1. The van der Waals surface area contributed by atoms with Gasteiger partial charge >= 0.3 is 0 Å². The summed E-state index contributed by atoms with van der Waals surface area (Å²) in [4.78, 5) is 13.5. The Morgan fingerprint density at radius 2 is 1.66 bits per heavy atom. The molecule has 0 radical (unpaired) electrons. The van der Waals surface area contributed by atoms with Crippen LogP contribution in [-0.4, -0.2) is 54.7 Å². The number of ether oxygens (including phenoxy) is 2. The Balaban J connectivity index is 1.39. The van der Waals surface area contributed by atoms with Crippen molar-refractivity contribution >= 4 is 6.29 Å². The van der Waals surface area contributed by atoms with Crippen molar-refractivity contribution in [3.8, 4) is 16.9 Å². The van der Waals surface area contributed by atoms with E-state index in [1.54, 1.807) is 7.11 Å². The molecule has 0 amide bonds. The third kappa shape index (κ3) is 5.40. The van der Waals surface area contributed by atoms with Crippen molar-refractivity contribution in [2.75, 3.05) is 20.2 Å². The Hall–Kier alpha value is -2.21. The van der Waals surface area contributed by atoms with Crippen LogP contribution in [0, 0.1) is 5.92 Å². The van der Waals surface area contributed by atoms with Gasteiger partial charge in [0.25, 0.3) is 0 Å². The Morgan fingerprint density at radius 1 is 1.00 bits per heavy atom. The first-order chi connectivity index (χ1) is 15.7. The van der Waals surface area contributed by atoms with Gasteiger partial charge in [0.15, 0.2) is 0 Å². The molecule has 2 fully saturated rings. The normalized spacial score (nSPS) is 26.2. The van der Waals surface area contributed by atoms with Gasteiger partial charge in [-0.05, 0) is 61.2 Å². The summed E-state index contributed by atoms with van der Waals surface area (Å²) in [5.41, 5.74) is 3.42. The molecule has 0 unspecified atom stereocenters. The minimum atomic E-state index is -0.382. The smallest absolute Gasteiger partial charge is 0.120 e. The molecule has 2 aliphatic rings. The average Bonchev–Trinajstić information content (AvgIpc) is 3.17. The molecule has 5 nitrogen and oxygen atoms in total. The Labute approximate surface area is 191 Å². The lowest BCUT2D eigenvalue weighted by Gasteiger charge is -2.38. The third-order valence-corrected chi connectivity index (χ3v) is 7.06. The summed E-state index contributed by atoms with van der Waals surface area (Å²) in [6.07, 6.45) is 6.20. The van der Waals surface area contributed by atoms with E-state index in [1.807, 2.05) is 12.1 Å². The molecule has 5 heteroatoms. The van der Waals surface area contributed by atoms with Crippen molar-refractivity contribution in [1.82, 2.24) is 4.90 Å². The zero-order valence-electron chi connectivity index (χ0n) is 19.0. The van der Waals surface area contributed by atoms with Gasteiger partial charge in [0.2, 0.25) is 0 Å². The first-order valence-corrected chi connectivity index (χ1v) is 11.9. The van der Waals surface area contributed by atoms with Crippen molar-refractivity contribution in [2.24, 2.45) is 5.92 Å². The summed E-state index contributed by atoms with van der Waals surface area (Å²) in [6, 6.07) is 16.6. The number of aliphatic hydroxyl groups excluding tert-OH is 1. The predicted molar refractivity (Wildman–Crippen MR) is 126 cm³/mol. The molecule has 32 heavy (non-hydrogen) atoms. The molecule has 0 aromatic heterocycles. The number of piperidine rings is 1. The Bertz CT molecular complexity index is 845. The zero-order chi connectivity index (χ0) is 22.3. The standard InChI is InChI=1S/C27H35NO4/c1-31-23-13-11-22(12-14-23)21-9-7-20(8-10-21)19-32-26-18-25(30)27(24(26)6-5-17-29)28-15-3-2-4-16-28/h7-14,17,24-27,30H,2-6,15-16,18-19H2,1H3/t24-,25+,26-,27+/m0/s1. The van der Waals surface area contributed by atoms with Crippen LogP contribution in [0.3, 0.4) is 0 Å². The average molecular weight is 438 g/mol. The van der Waals surface area contributed by atoms with Crippen LogP contribution in [0.15, 0.2) is 48.5 Å². The van der Waals surface area contributed by atoms with Gasteiger partial charge < -0.3 is 19.4 Å². The number of nitrogens with zero attached hydrogens (tertiary/aromatic N) is 1. The molecule has 1 aliphatic heterocycles. The topological polar surface area (TPSA) is 59.0 Å². The predicted octanol–water partition coefficient (Wildman–Crippen LogP) is 4.46. The highest BCUT2D eigenvalue weighted by Crippen LogP contribution is 2.37. The van der Waals surface area contributed by atoms with E-state index >= 15 is 0 Å². The number of carbonyl (C=O) groups excluding carboxylic acids is 1. The van der Waals surface area contributed by atoms with E-state index in [0.717, 1.165) is 48.2 Å². The van der Waals surface area contributed by atoms with Crippen LogP contribution in [0.2, 0.25) is 0 Å². The highest BCUT2D eigenvalue weighted by molar-refractivity contribution is 5.64. The van der Waals surface area contributed by atoms with Gasteiger partial charge in [-0.3, -0.25) is 4.90 Å². The first-order valence-electron chi connectivity index (χ1n) is 11.9. The molecule has 2 aromatic carbocycles. The van der Waals surface area contributed by atoms with Crippen molar-refractivity contribution in [1.29, 1.82) is 0 Å². The molecule has 172 valence electrons. The van der Waals surface area contributed by atoms with E-state index in [4.69, 9.17) is 9.47 Å². The minimum absolute atomic E-state index is 0.0156. The fourth-order valence-corrected chi connectivity index (χ4v) is 5.38. The lowest BCUT2D eigenvalue weighted by atomic mass is 9.93. The molecule has 0 spiro atoms. The number of rotatable bonds is 9. The lowest BCUT2D eigenvalue weighted by molar-refractivity contribution is -0.108. The second-order valence-electron chi connectivity index (χ2n) is 9.07. The van der Waals surface area contributed by atoms with Gasteiger partial charge in [0.1, 0.15) is 12.0 Å². The maximum absolute atomic E-state index is 11.1. The SMILES string of the molecule is COc1ccc(-c2ccc(CO[C@H]3C[C@@H](O)[C@H](N4CCCCC4)[C@H]3CCC=O)cc2)cc1. The van der Waals surface area contributed by atoms with Crippen molar-refractivity contribution in [3.63, 3.8) is 0 Å². The van der Waals surface area contributed by atoms with Crippen molar-refractivity contribution < 1.29 is 19.4 Å². The monoisotopic (exact) mass is 437 g/mol. The maximum atomic E-state index is 11.1. The van der Waals surface area contributed by atoms with Gasteiger partial charge in [-0.15, -0.1) is 0 Å². The molecule has 1 heterocycles. The first kappa shape index (κ1) is 23.0. The van der Waals surface area contributed by atoms with Gasteiger partial charge in [0, 0.05) is 24.8 Å². The Kier molecular flexibility index (Phi) is 7.95. The number of hydrogen-bond donors (Lipinski definition) is 1. The van der Waals surface area contributed by atoms with E-state index in [9.17, 15) is 9.90 Å². The van der Waals surface area contributed by atoms with E-state index in [-0.39, 0.29) is 24.2 Å². The highest BCUT2D eigenvalue weighted by atomic mass is 16.5. The number of methoxy groups -OCH3 is 1. The summed E-state index contributed by atoms with van der Waals surface area (Å²) in [7, 11) is 1.67. The van der Waals surface area contributed by atoms with Crippen molar-refractivity contribution in [3.05, 3.63) is 54.1 Å². The van der Waals surface area contributed by atoms with Gasteiger partial charge in [0.05, 0.1) is 25.9 Å². The molecule has 4 atom stereocenters. The van der Waals surface area contributed by atoms with E-state index in [0.29, 0.717) is 19.4 Å². The van der Waals surface area contributed by atoms with E-state index in [2.05, 4.69) is 41.3 Å². The van der Waals surface area contributed by atoms with Crippen LogP contribution < -0.4 is 4.74 Å². The highest BCUT2D eigenvalue weighted by Gasteiger charge is 2.45. The van der Waals surface area contributed by atoms with Crippen LogP contribution >= 0.6 is 0 Å². The molecule has 0 bridgehead atoms. The van der Waals surface area contributed by atoms with Crippen molar-refractivity contribution in [2.45, 2.75) is 63.4 Å². The number of benzene rings is 2. The summed E-state index contributed by atoms with van der Waals surface area (Å²) in [6.45, 7) is 2.60. The number of hydrogen-bond acceptors (Lipinski definition) is 5. The van der Waals surface area contributed by atoms with Gasteiger partial charge in [-0.25, -0.2) is 0 Å². The fourth-order valence-electron chi connectivity index (χ4n) is 5.38. The maximum Gasteiger partial charge on any atom is 0.120 e.